The predicted octanol–water partition coefficient (Wildman–Crippen LogP) is 0.370. The third-order valence-electron chi connectivity index (χ3n) is 1.74. The Balaban J connectivity index is 0.000000494. The molecule has 0 aromatic heterocycles. The van der Waals surface area contributed by atoms with Crippen LogP contribution in [-0.4, -0.2) is 47.6 Å². The first-order valence-electron chi connectivity index (χ1n) is 4.77. The molecule has 0 heterocycles. The number of nitrogens with two attached hydrogens (primary N) is 1. The number of anilines is 1. The molecule has 4 N–H and O–H groups in total. The van der Waals surface area contributed by atoms with Gasteiger partial charge in [0.25, 0.3) is 0 Å². The molecule has 0 bridgehead atoms. The molecule has 7 nitrogen and oxygen atoms in total. The fraction of sp³-hybridized carbons (Fsp3) is 0.182. The highest BCUT2D eigenvalue weighted by atomic mass is 16.4. The zero-order valence-corrected chi connectivity index (χ0v) is 9.95. The van der Waals surface area contributed by atoms with Crippen molar-refractivity contribution in [3.63, 3.8) is 0 Å². The summed E-state index contributed by atoms with van der Waals surface area (Å²) in [5.74, 6) is -2.31. The van der Waals surface area contributed by atoms with Gasteiger partial charge in [-0.15, -0.1) is 0 Å². The first-order chi connectivity index (χ1) is 8.29. The normalized spacial score (nSPS) is 8.78. The molecule has 7 heteroatoms. The second-order valence-corrected chi connectivity index (χ2v) is 3.48. The van der Waals surface area contributed by atoms with E-state index in [1.165, 1.54) is 17.0 Å². The van der Waals surface area contributed by atoms with Crippen molar-refractivity contribution >= 4 is 24.0 Å². The molecule has 1 rings (SSSR count). The maximum absolute atomic E-state index is 10.5. The zero-order chi connectivity index (χ0) is 14.3. The van der Waals surface area contributed by atoms with Crippen molar-refractivity contribution in [2.24, 2.45) is 0 Å². The van der Waals surface area contributed by atoms with Gasteiger partial charge in [0, 0.05) is 19.8 Å². The summed E-state index contributed by atoms with van der Waals surface area (Å²) in [4.78, 5) is 31.8. The molecule has 0 saturated heterocycles. The van der Waals surface area contributed by atoms with Gasteiger partial charge < -0.3 is 20.8 Å². The highest BCUT2D eigenvalue weighted by molar-refractivity contribution is 5.96. The number of carboxylic acids is 2. The third kappa shape index (κ3) is 4.97. The Labute approximate surface area is 103 Å². The maximum atomic E-state index is 10.5. The molecule has 0 fully saturated rings. The first-order valence-corrected chi connectivity index (χ1v) is 4.77. The highest BCUT2D eigenvalue weighted by Gasteiger charge is 2.10. The van der Waals surface area contributed by atoms with E-state index in [-0.39, 0.29) is 16.8 Å². The molecule has 0 unspecified atom stereocenters. The lowest BCUT2D eigenvalue weighted by molar-refractivity contribution is -0.115. The molecular weight excluding hydrogens is 240 g/mol. The number of hydrogen-bond donors (Lipinski definition) is 3. The van der Waals surface area contributed by atoms with E-state index >= 15 is 0 Å². The topological polar surface area (TPSA) is 121 Å². The number of amides is 1. The van der Waals surface area contributed by atoms with E-state index in [1.807, 2.05) is 0 Å². The molecule has 1 aromatic carbocycles. The number of rotatable bonds is 3. The summed E-state index contributed by atoms with van der Waals surface area (Å²) in [5.41, 5.74) is 5.15. The van der Waals surface area contributed by atoms with Crippen LogP contribution in [0.25, 0.3) is 0 Å². The van der Waals surface area contributed by atoms with E-state index < -0.39 is 11.9 Å². The molecule has 0 spiro atoms. The highest BCUT2D eigenvalue weighted by Crippen LogP contribution is 2.13. The van der Waals surface area contributed by atoms with Gasteiger partial charge in [0.05, 0.1) is 11.1 Å². The van der Waals surface area contributed by atoms with Crippen molar-refractivity contribution < 1.29 is 24.6 Å². The smallest absolute Gasteiger partial charge is 0.337 e. The van der Waals surface area contributed by atoms with Crippen LogP contribution >= 0.6 is 0 Å². The molecule has 0 radical (unpaired) electrons. The van der Waals surface area contributed by atoms with Gasteiger partial charge in [-0.05, 0) is 18.2 Å². The zero-order valence-electron chi connectivity index (χ0n) is 9.95. The second-order valence-electron chi connectivity index (χ2n) is 3.48. The molecular formula is C11H14N2O5. The number of carbonyl (C=O) groups is 3. The fourth-order valence-electron chi connectivity index (χ4n) is 0.891. The van der Waals surface area contributed by atoms with Gasteiger partial charge in [-0.25, -0.2) is 9.59 Å². The number of nitrogen functional groups attached to an aromatic ring is 1. The van der Waals surface area contributed by atoms with Crippen molar-refractivity contribution in [2.45, 2.75) is 0 Å². The SMILES string of the molecule is CN(C)C=O.Nc1cc(C(=O)O)ccc1C(=O)O. The van der Waals surface area contributed by atoms with E-state index in [2.05, 4.69) is 0 Å². The summed E-state index contributed by atoms with van der Waals surface area (Å²) in [6.45, 7) is 0. The van der Waals surface area contributed by atoms with Crippen molar-refractivity contribution in [2.75, 3.05) is 19.8 Å². The van der Waals surface area contributed by atoms with Crippen LogP contribution < -0.4 is 5.73 Å². The van der Waals surface area contributed by atoms with E-state index in [0.29, 0.717) is 0 Å². The van der Waals surface area contributed by atoms with Gasteiger partial charge in [0.2, 0.25) is 6.41 Å². The first kappa shape index (κ1) is 15.4. The van der Waals surface area contributed by atoms with Gasteiger partial charge in [0.15, 0.2) is 0 Å². The average molecular weight is 254 g/mol. The van der Waals surface area contributed by atoms with Gasteiger partial charge >= 0.3 is 11.9 Å². The molecule has 0 atom stereocenters. The average Bonchev–Trinajstić information content (AvgIpc) is 2.28. The van der Waals surface area contributed by atoms with Crippen molar-refractivity contribution in [3.05, 3.63) is 29.3 Å². The molecule has 0 saturated carbocycles. The lowest BCUT2D eigenvalue weighted by Gasteiger charge is -2.00. The second kappa shape index (κ2) is 6.89. The van der Waals surface area contributed by atoms with Crippen molar-refractivity contribution in [1.29, 1.82) is 0 Å². The Kier molecular flexibility index (Phi) is 5.91. The summed E-state index contributed by atoms with van der Waals surface area (Å²) in [6.07, 6.45) is 0.750. The third-order valence-corrected chi connectivity index (χ3v) is 1.74. The Hall–Kier alpha value is -2.57. The minimum absolute atomic E-state index is 0.0255. The molecule has 1 amide bonds. The van der Waals surface area contributed by atoms with Crippen LogP contribution in [0.15, 0.2) is 18.2 Å². The Morgan fingerprint density at radius 1 is 1.22 bits per heavy atom. The standard InChI is InChI=1S/C8H7NO4.C3H7NO/c9-6-3-4(7(10)11)1-2-5(6)8(12)13;1-4(2)3-5/h1-3H,9H2,(H,10,11)(H,12,13);3H,1-2H3. The van der Waals surface area contributed by atoms with Crippen LogP contribution in [0, 0.1) is 0 Å². The number of carboxylic acid groups (broad SMARTS) is 2. The van der Waals surface area contributed by atoms with Crippen molar-refractivity contribution in [1.82, 2.24) is 4.90 Å². The van der Waals surface area contributed by atoms with Crippen LogP contribution in [0.5, 0.6) is 0 Å². The predicted molar refractivity (Wildman–Crippen MR) is 64.5 cm³/mol. The van der Waals surface area contributed by atoms with Gasteiger partial charge in [-0.2, -0.15) is 0 Å². The lowest BCUT2D eigenvalue weighted by atomic mass is 10.1. The lowest BCUT2D eigenvalue weighted by Crippen LogP contribution is -2.06. The molecule has 0 aliphatic heterocycles. The number of aromatic carboxylic acids is 2. The van der Waals surface area contributed by atoms with Crippen LogP contribution in [-0.2, 0) is 4.79 Å². The van der Waals surface area contributed by atoms with Crippen LogP contribution in [0.4, 0.5) is 5.69 Å². The minimum atomic E-state index is -1.17. The quantitative estimate of drug-likeness (QED) is 0.529. The Morgan fingerprint density at radius 2 is 1.72 bits per heavy atom. The molecule has 18 heavy (non-hydrogen) atoms. The van der Waals surface area contributed by atoms with Crippen LogP contribution in [0.3, 0.4) is 0 Å². The summed E-state index contributed by atoms with van der Waals surface area (Å²) in [5, 5.41) is 17.1. The van der Waals surface area contributed by atoms with E-state index in [0.717, 1.165) is 12.5 Å². The van der Waals surface area contributed by atoms with Crippen molar-refractivity contribution in [3.8, 4) is 0 Å². The Bertz CT molecular complexity index is 457. The number of carbonyl (C=O) groups excluding carboxylic acids is 1. The monoisotopic (exact) mass is 254 g/mol. The van der Waals surface area contributed by atoms with Gasteiger partial charge in [0.1, 0.15) is 0 Å². The van der Waals surface area contributed by atoms with E-state index in [9.17, 15) is 14.4 Å². The van der Waals surface area contributed by atoms with Crippen LogP contribution in [0.2, 0.25) is 0 Å². The van der Waals surface area contributed by atoms with Gasteiger partial charge in [-0.1, -0.05) is 0 Å². The molecule has 98 valence electrons. The number of hydrogen-bond acceptors (Lipinski definition) is 4. The number of nitrogens with zero attached hydrogens (tertiary/aromatic N) is 1. The van der Waals surface area contributed by atoms with Crippen LogP contribution in [0.1, 0.15) is 20.7 Å². The summed E-state index contributed by atoms with van der Waals surface area (Å²) >= 11 is 0. The summed E-state index contributed by atoms with van der Waals surface area (Å²) in [6, 6.07) is 3.48. The number of benzene rings is 1. The Morgan fingerprint density at radius 3 is 2.00 bits per heavy atom. The summed E-state index contributed by atoms with van der Waals surface area (Å²) in [7, 11) is 3.38. The molecule has 0 aliphatic rings. The van der Waals surface area contributed by atoms with Gasteiger partial charge in [-0.3, -0.25) is 4.79 Å². The largest absolute Gasteiger partial charge is 0.478 e. The minimum Gasteiger partial charge on any atom is -0.478 e. The van der Waals surface area contributed by atoms with E-state index in [1.54, 1.807) is 14.1 Å². The fourth-order valence-corrected chi connectivity index (χ4v) is 0.891. The maximum Gasteiger partial charge on any atom is 0.337 e. The molecule has 1 aromatic rings. The summed E-state index contributed by atoms with van der Waals surface area (Å²) < 4.78 is 0. The molecule has 0 aliphatic carbocycles. The van der Waals surface area contributed by atoms with E-state index in [4.69, 9.17) is 15.9 Å².